The van der Waals surface area contributed by atoms with E-state index in [4.69, 9.17) is 5.73 Å². The topological polar surface area (TPSA) is 89.7 Å². The van der Waals surface area contributed by atoms with Crippen molar-refractivity contribution in [2.45, 2.75) is 25.8 Å². The third-order valence-corrected chi connectivity index (χ3v) is 1.56. The summed E-state index contributed by atoms with van der Waals surface area (Å²) in [5.41, 5.74) is 5.18. The Morgan fingerprint density at radius 3 is 2.31 bits per heavy atom. The zero-order valence-corrected chi connectivity index (χ0v) is 7.15. The Kier molecular flexibility index (Phi) is 2.62. The van der Waals surface area contributed by atoms with E-state index in [2.05, 4.69) is 4.84 Å². The Balaban J connectivity index is 2.58. The number of amides is 2. The number of nitrogens with two attached hydrogens (primary N) is 1. The molecule has 1 aliphatic rings. The maximum Gasteiger partial charge on any atom is 0.349 e. The molecule has 6 nitrogen and oxygen atoms in total. The minimum Gasteiger partial charge on any atom is -0.329 e. The summed E-state index contributed by atoms with van der Waals surface area (Å²) in [6.45, 7) is 1.41. The first-order chi connectivity index (χ1) is 6.02. The van der Waals surface area contributed by atoms with E-state index in [-0.39, 0.29) is 12.8 Å². The number of imide groups is 1. The summed E-state index contributed by atoms with van der Waals surface area (Å²) in [7, 11) is 0. The normalized spacial score (nSPS) is 19.1. The molecule has 1 atom stereocenters. The van der Waals surface area contributed by atoms with Crippen LogP contribution in [-0.4, -0.2) is 28.9 Å². The Hall–Kier alpha value is -1.43. The second-order valence-electron chi connectivity index (χ2n) is 2.78. The summed E-state index contributed by atoms with van der Waals surface area (Å²) in [5.74, 6) is -1.79. The van der Waals surface area contributed by atoms with Gasteiger partial charge in [-0.3, -0.25) is 9.59 Å². The summed E-state index contributed by atoms with van der Waals surface area (Å²) in [5, 5.41) is 0.478. The number of hydroxylamine groups is 2. The molecule has 0 aliphatic carbocycles. The standard InChI is InChI=1S/C7H10N2O4/c1-4(8)7(12)13-9-5(10)2-3-6(9)11/h4H,2-3,8H2,1H3/t4-/m0/s1. The molecule has 1 heterocycles. The molecule has 1 fully saturated rings. The average Bonchev–Trinajstić information content (AvgIpc) is 2.35. The van der Waals surface area contributed by atoms with Gasteiger partial charge in [-0.1, -0.05) is 0 Å². The van der Waals surface area contributed by atoms with Crippen molar-refractivity contribution in [2.24, 2.45) is 5.73 Å². The fourth-order valence-electron chi connectivity index (χ4n) is 0.831. The highest BCUT2D eigenvalue weighted by molar-refractivity contribution is 6.01. The van der Waals surface area contributed by atoms with E-state index in [9.17, 15) is 14.4 Å². The van der Waals surface area contributed by atoms with Gasteiger partial charge in [0.15, 0.2) is 0 Å². The van der Waals surface area contributed by atoms with Gasteiger partial charge in [0.25, 0.3) is 11.8 Å². The first-order valence-corrected chi connectivity index (χ1v) is 3.85. The van der Waals surface area contributed by atoms with Crippen LogP contribution in [0.15, 0.2) is 0 Å². The van der Waals surface area contributed by atoms with E-state index < -0.39 is 23.8 Å². The van der Waals surface area contributed by atoms with Gasteiger partial charge in [-0.2, -0.15) is 0 Å². The Labute approximate surface area is 74.6 Å². The van der Waals surface area contributed by atoms with Crippen LogP contribution in [0.4, 0.5) is 0 Å². The molecule has 13 heavy (non-hydrogen) atoms. The predicted molar refractivity (Wildman–Crippen MR) is 40.8 cm³/mol. The SMILES string of the molecule is C[C@H](N)C(=O)ON1C(=O)CCC1=O. The van der Waals surface area contributed by atoms with Crippen LogP contribution in [0.1, 0.15) is 19.8 Å². The fraction of sp³-hybridized carbons (Fsp3) is 0.571. The molecule has 0 unspecified atom stereocenters. The van der Waals surface area contributed by atoms with E-state index in [1.165, 1.54) is 6.92 Å². The van der Waals surface area contributed by atoms with Gasteiger partial charge in [0.05, 0.1) is 0 Å². The molecule has 1 aliphatic heterocycles. The molecule has 0 aromatic rings. The molecule has 2 N–H and O–H groups in total. The van der Waals surface area contributed by atoms with Crippen molar-refractivity contribution in [2.75, 3.05) is 0 Å². The molecule has 6 heteroatoms. The minimum atomic E-state index is -0.846. The Morgan fingerprint density at radius 1 is 1.46 bits per heavy atom. The zero-order valence-electron chi connectivity index (χ0n) is 7.15. The van der Waals surface area contributed by atoms with Gasteiger partial charge < -0.3 is 10.6 Å². The highest BCUT2D eigenvalue weighted by atomic mass is 16.7. The quantitative estimate of drug-likeness (QED) is 0.555. The molecule has 0 aromatic heterocycles. The van der Waals surface area contributed by atoms with Crippen LogP contribution in [0.5, 0.6) is 0 Å². The van der Waals surface area contributed by atoms with Crippen molar-refractivity contribution in [3.8, 4) is 0 Å². The number of carbonyl (C=O) groups excluding carboxylic acids is 3. The number of nitrogens with zero attached hydrogens (tertiary/aromatic N) is 1. The first-order valence-electron chi connectivity index (χ1n) is 3.85. The molecule has 0 radical (unpaired) electrons. The van der Waals surface area contributed by atoms with E-state index in [1.807, 2.05) is 0 Å². The monoisotopic (exact) mass is 186 g/mol. The van der Waals surface area contributed by atoms with Gasteiger partial charge >= 0.3 is 5.97 Å². The number of hydrogen-bond acceptors (Lipinski definition) is 5. The van der Waals surface area contributed by atoms with E-state index >= 15 is 0 Å². The maximum atomic E-state index is 10.9. The third-order valence-electron chi connectivity index (χ3n) is 1.56. The summed E-state index contributed by atoms with van der Waals surface area (Å²) in [6, 6.07) is -0.846. The van der Waals surface area contributed by atoms with E-state index in [0.29, 0.717) is 5.06 Å². The molecular formula is C7H10N2O4. The Bertz CT molecular complexity index is 245. The van der Waals surface area contributed by atoms with Crippen molar-refractivity contribution in [3.63, 3.8) is 0 Å². The van der Waals surface area contributed by atoms with Gasteiger partial charge in [0.2, 0.25) is 0 Å². The van der Waals surface area contributed by atoms with Crippen molar-refractivity contribution < 1.29 is 19.2 Å². The lowest BCUT2D eigenvalue weighted by Gasteiger charge is -2.13. The van der Waals surface area contributed by atoms with Crippen LogP contribution in [0.2, 0.25) is 0 Å². The van der Waals surface area contributed by atoms with Crippen LogP contribution < -0.4 is 5.73 Å². The molecule has 72 valence electrons. The molecule has 0 bridgehead atoms. The lowest BCUT2D eigenvalue weighted by atomic mass is 10.4. The zero-order chi connectivity index (χ0) is 10.0. The van der Waals surface area contributed by atoms with E-state index in [0.717, 1.165) is 0 Å². The van der Waals surface area contributed by atoms with Crippen molar-refractivity contribution >= 4 is 17.8 Å². The summed E-state index contributed by atoms with van der Waals surface area (Å²) in [6.07, 6.45) is 0.177. The lowest BCUT2D eigenvalue weighted by molar-refractivity contribution is -0.198. The van der Waals surface area contributed by atoms with Gasteiger partial charge in [0, 0.05) is 12.8 Å². The van der Waals surface area contributed by atoms with Gasteiger partial charge in [-0.25, -0.2) is 4.79 Å². The molecule has 0 saturated carbocycles. The van der Waals surface area contributed by atoms with Crippen LogP contribution in [-0.2, 0) is 19.2 Å². The first kappa shape index (κ1) is 9.66. The second kappa shape index (κ2) is 3.53. The molecule has 1 saturated heterocycles. The van der Waals surface area contributed by atoms with Crippen LogP contribution in [0, 0.1) is 0 Å². The lowest BCUT2D eigenvalue weighted by Crippen LogP contribution is -2.38. The average molecular weight is 186 g/mol. The smallest absolute Gasteiger partial charge is 0.329 e. The summed E-state index contributed by atoms with van der Waals surface area (Å²) < 4.78 is 0. The predicted octanol–water partition coefficient (Wildman–Crippen LogP) is -1.06. The van der Waals surface area contributed by atoms with E-state index in [1.54, 1.807) is 0 Å². The molecule has 1 rings (SSSR count). The van der Waals surface area contributed by atoms with Crippen LogP contribution in [0.25, 0.3) is 0 Å². The highest BCUT2D eigenvalue weighted by Gasteiger charge is 2.33. The Morgan fingerprint density at radius 2 is 1.92 bits per heavy atom. The van der Waals surface area contributed by atoms with Crippen molar-refractivity contribution in [1.82, 2.24) is 5.06 Å². The molecule has 0 aromatic carbocycles. The van der Waals surface area contributed by atoms with Crippen LogP contribution in [0.3, 0.4) is 0 Å². The van der Waals surface area contributed by atoms with Gasteiger partial charge in [-0.15, -0.1) is 5.06 Å². The third kappa shape index (κ3) is 2.03. The maximum absolute atomic E-state index is 10.9. The van der Waals surface area contributed by atoms with Crippen LogP contribution >= 0.6 is 0 Å². The number of carbonyl (C=O) groups is 3. The minimum absolute atomic E-state index is 0.0884. The van der Waals surface area contributed by atoms with Crippen molar-refractivity contribution in [3.05, 3.63) is 0 Å². The van der Waals surface area contributed by atoms with Gasteiger partial charge in [-0.05, 0) is 6.92 Å². The fourth-order valence-corrected chi connectivity index (χ4v) is 0.831. The highest BCUT2D eigenvalue weighted by Crippen LogP contribution is 2.12. The number of rotatable bonds is 2. The largest absolute Gasteiger partial charge is 0.349 e. The molecule has 2 amide bonds. The van der Waals surface area contributed by atoms with Gasteiger partial charge in [0.1, 0.15) is 6.04 Å². The number of hydrogen-bond donors (Lipinski definition) is 1. The summed E-state index contributed by atoms with van der Waals surface area (Å²) in [4.78, 5) is 37.2. The molecule has 0 spiro atoms. The van der Waals surface area contributed by atoms with Crippen molar-refractivity contribution in [1.29, 1.82) is 0 Å². The second-order valence-corrected chi connectivity index (χ2v) is 2.78. The summed E-state index contributed by atoms with van der Waals surface area (Å²) >= 11 is 0. The molecular weight excluding hydrogens is 176 g/mol.